The van der Waals surface area contributed by atoms with E-state index in [0.717, 1.165) is 23.3 Å². The number of hydrogen-bond acceptors (Lipinski definition) is 2. The number of benzene rings is 1. The van der Waals surface area contributed by atoms with Gasteiger partial charge in [0.25, 0.3) is 0 Å². The minimum atomic E-state index is 0.226. The third-order valence-electron chi connectivity index (χ3n) is 4.40. The zero-order valence-corrected chi connectivity index (χ0v) is 14.1. The molecule has 1 N–H and O–H groups in total. The van der Waals surface area contributed by atoms with Crippen molar-refractivity contribution in [3.05, 3.63) is 28.8 Å². The van der Waals surface area contributed by atoms with Gasteiger partial charge in [-0.3, -0.25) is 0 Å². The smallest absolute Gasteiger partial charge is 0.0642 e. The molecule has 112 valence electrons. The minimum Gasteiger partial charge on any atom is -0.370 e. The lowest BCUT2D eigenvalue weighted by atomic mass is 9.87. The molecule has 20 heavy (non-hydrogen) atoms. The van der Waals surface area contributed by atoms with Crippen LogP contribution in [0.2, 0.25) is 5.02 Å². The Hall–Kier alpha value is -0.730. The van der Waals surface area contributed by atoms with Crippen molar-refractivity contribution in [1.82, 2.24) is 5.32 Å². The Morgan fingerprint density at radius 3 is 2.50 bits per heavy atom. The van der Waals surface area contributed by atoms with Crippen LogP contribution in [0.25, 0.3) is 0 Å². The van der Waals surface area contributed by atoms with Crippen molar-refractivity contribution in [2.75, 3.05) is 11.9 Å². The van der Waals surface area contributed by atoms with Crippen LogP contribution in [0, 0.1) is 5.41 Å². The van der Waals surface area contributed by atoms with Gasteiger partial charge in [-0.05, 0) is 42.9 Å². The van der Waals surface area contributed by atoms with Gasteiger partial charge in [-0.25, -0.2) is 0 Å². The molecular formula is C17H27ClN2. The van der Waals surface area contributed by atoms with Gasteiger partial charge in [-0.15, -0.1) is 0 Å². The van der Waals surface area contributed by atoms with E-state index in [1.807, 2.05) is 0 Å². The van der Waals surface area contributed by atoms with Crippen LogP contribution in [0.3, 0.4) is 0 Å². The molecule has 0 bridgehead atoms. The predicted octanol–water partition coefficient (Wildman–Crippen LogP) is 4.46. The molecule has 0 saturated heterocycles. The van der Waals surface area contributed by atoms with Crippen molar-refractivity contribution in [1.29, 1.82) is 0 Å². The molecule has 2 rings (SSSR count). The second kappa shape index (κ2) is 5.95. The number of anilines is 1. The van der Waals surface area contributed by atoms with Crippen LogP contribution < -0.4 is 10.2 Å². The van der Waals surface area contributed by atoms with E-state index in [4.69, 9.17) is 11.6 Å². The summed E-state index contributed by atoms with van der Waals surface area (Å²) in [5.41, 5.74) is 2.61. The first-order valence-electron chi connectivity index (χ1n) is 7.53. The van der Waals surface area contributed by atoms with Crippen LogP contribution in [-0.4, -0.2) is 19.1 Å². The molecule has 1 unspecified atom stereocenters. The Morgan fingerprint density at radius 2 is 2.00 bits per heavy atom. The second-order valence-electron chi connectivity index (χ2n) is 7.09. The van der Waals surface area contributed by atoms with Gasteiger partial charge < -0.3 is 10.2 Å². The third-order valence-corrected chi connectivity index (χ3v) is 4.70. The van der Waals surface area contributed by atoms with Crippen LogP contribution in [0.15, 0.2) is 18.2 Å². The fourth-order valence-corrected chi connectivity index (χ4v) is 2.62. The molecule has 0 aromatic heterocycles. The first kappa shape index (κ1) is 15.7. The molecule has 1 fully saturated rings. The zero-order valence-electron chi connectivity index (χ0n) is 13.3. The Bertz CT molecular complexity index is 461. The first-order chi connectivity index (χ1) is 9.29. The quantitative estimate of drug-likeness (QED) is 0.862. The molecule has 2 nitrogen and oxygen atoms in total. The molecule has 1 aromatic carbocycles. The molecule has 0 spiro atoms. The van der Waals surface area contributed by atoms with E-state index in [1.54, 1.807) is 0 Å². The molecular weight excluding hydrogens is 268 g/mol. The van der Waals surface area contributed by atoms with Gasteiger partial charge >= 0.3 is 0 Å². The molecule has 1 atom stereocenters. The van der Waals surface area contributed by atoms with Gasteiger partial charge in [-0.1, -0.05) is 38.4 Å². The monoisotopic (exact) mass is 294 g/mol. The number of rotatable bonds is 5. The van der Waals surface area contributed by atoms with E-state index in [0.29, 0.717) is 6.04 Å². The summed E-state index contributed by atoms with van der Waals surface area (Å²) < 4.78 is 0. The summed E-state index contributed by atoms with van der Waals surface area (Å²) in [6.07, 6.45) is 2.63. The summed E-state index contributed by atoms with van der Waals surface area (Å²) in [5, 5.41) is 4.37. The highest BCUT2D eigenvalue weighted by Crippen LogP contribution is 2.32. The predicted molar refractivity (Wildman–Crippen MR) is 88.6 cm³/mol. The van der Waals surface area contributed by atoms with Gasteiger partial charge in [0.2, 0.25) is 0 Å². The maximum Gasteiger partial charge on any atom is 0.0642 e. The number of halogens is 1. The largest absolute Gasteiger partial charge is 0.370 e. The SMILES string of the molecule is CC(N(C)c1ccc(CNC2CC2)cc1Cl)C(C)(C)C. The molecule has 3 heteroatoms. The standard InChI is InChI=1S/C17H27ClN2/c1-12(17(2,3)4)20(5)16-9-6-13(10-15(16)18)11-19-14-7-8-14/h6,9-10,12,14,19H,7-8,11H2,1-5H3. The van der Waals surface area contributed by atoms with Gasteiger partial charge in [-0.2, -0.15) is 0 Å². The van der Waals surface area contributed by atoms with Gasteiger partial charge in [0, 0.05) is 25.7 Å². The van der Waals surface area contributed by atoms with Crippen molar-refractivity contribution in [3.8, 4) is 0 Å². The van der Waals surface area contributed by atoms with Crippen molar-refractivity contribution >= 4 is 17.3 Å². The number of hydrogen-bond donors (Lipinski definition) is 1. The molecule has 0 amide bonds. The lowest BCUT2D eigenvalue weighted by molar-refractivity contribution is 0.330. The average Bonchev–Trinajstić information content (AvgIpc) is 3.17. The summed E-state index contributed by atoms with van der Waals surface area (Å²) in [6.45, 7) is 9.95. The van der Waals surface area contributed by atoms with Gasteiger partial charge in [0.15, 0.2) is 0 Å². The highest BCUT2D eigenvalue weighted by molar-refractivity contribution is 6.33. The molecule has 1 saturated carbocycles. The highest BCUT2D eigenvalue weighted by Gasteiger charge is 2.25. The molecule has 0 aliphatic heterocycles. The van der Waals surface area contributed by atoms with Crippen LogP contribution in [-0.2, 0) is 6.54 Å². The zero-order chi connectivity index (χ0) is 14.9. The average molecular weight is 295 g/mol. The molecule has 0 heterocycles. The normalized spacial score (nSPS) is 17.1. The lowest BCUT2D eigenvalue weighted by Gasteiger charge is -2.37. The molecule has 1 aromatic rings. The Morgan fingerprint density at radius 1 is 1.35 bits per heavy atom. The Balaban J connectivity index is 2.07. The van der Waals surface area contributed by atoms with Crippen LogP contribution >= 0.6 is 11.6 Å². The van der Waals surface area contributed by atoms with Gasteiger partial charge in [0.1, 0.15) is 0 Å². The summed E-state index contributed by atoms with van der Waals surface area (Å²) in [4.78, 5) is 2.28. The number of nitrogens with one attached hydrogen (secondary N) is 1. The van der Waals surface area contributed by atoms with Crippen molar-refractivity contribution in [3.63, 3.8) is 0 Å². The third kappa shape index (κ3) is 3.89. The van der Waals surface area contributed by atoms with E-state index >= 15 is 0 Å². The Kier molecular flexibility index (Phi) is 4.66. The van der Waals surface area contributed by atoms with E-state index in [9.17, 15) is 0 Å². The Labute approximate surface area is 128 Å². The van der Waals surface area contributed by atoms with E-state index in [1.165, 1.54) is 18.4 Å². The topological polar surface area (TPSA) is 15.3 Å². The van der Waals surface area contributed by atoms with Crippen LogP contribution in [0.4, 0.5) is 5.69 Å². The maximum absolute atomic E-state index is 6.48. The fraction of sp³-hybridized carbons (Fsp3) is 0.647. The van der Waals surface area contributed by atoms with E-state index < -0.39 is 0 Å². The van der Waals surface area contributed by atoms with E-state index in [2.05, 4.69) is 63.2 Å². The molecule has 1 aliphatic rings. The van der Waals surface area contributed by atoms with Crippen molar-refractivity contribution in [2.45, 2.75) is 59.2 Å². The van der Waals surface area contributed by atoms with Crippen LogP contribution in [0.1, 0.15) is 46.1 Å². The summed E-state index contributed by atoms with van der Waals surface area (Å²) >= 11 is 6.48. The minimum absolute atomic E-state index is 0.226. The summed E-state index contributed by atoms with van der Waals surface area (Å²) in [6, 6.07) is 7.59. The van der Waals surface area contributed by atoms with Crippen molar-refractivity contribution < 1.29 is 0 Å². The summed E-state index contributed by atoms with van der Waals surface area (Å²) in [5.74, 6) is 0. The highest BCUT2D eigenvalue weighted by atomic mass is 35.5. The summed E-state index contributed by atoms with van der Waals surface area (Å²) in [7, 11) is 2.12. The number of nitrogens with zero attached hydrogens (tertiary/aromatic N) is 1. The molecule has 0 radical (unpaired) electrons. The fourth-order valence-electron chi connectivity index (χ4n) is 2.29. The van der Waals surface area contributed by atoms with Crippen molar-refractivity contribution in [2.24, 2.45) is 5.41 Å². The molecule has 1 aliphatic carbocycles. The first-order valence-corrected chi connectivity index (χ1v) is 7.91. The van der Waals surface area contributed by atoms with Gasteiger partial charge in [0.05, 0.1) is 10.7 Å². The lowest BCUT2D eigenvalue weighted by Crippen LogP contribution is -2.39. The second-order valence-corrected chi connectivity index (χ2v) is 7.50. The van der Waals surface area contributed by atoms with E-state index in [-0.39, 0.29) is 5.41 Å². The maximum atomic E-state index is 6.48. The van der Waals surface area contributed by atoms with Crippen LogP contribution in [0.5, 0.6) is 0 Å².